The molecule has 0 aliphatic carbocycles. The van der Waals surface area contributed by atoms with Crippen molar-refractivity contribution in [3.05, 3.63) is 72.2 Å². The van der Waals surface area contributed by atoms with Gasteiger partial charge in [0.1, 0.15) is 0 Å². The van der Waals surface area contributed by atoms with E-state index in [-0.39, 0.29) is 5.91 Å². The first kappa shape index (κ1) is 18.2. The van der Waals surface area contributed by atoms with Crippen molar-refractivity contribution in [3.63, 3.8) is 0 Å². The van der Waals surface area contributed by atoms with Crippen LogP contribution >= 0.6 is 0 Å². The first-order valence-corrected chi connectivity index (χ1v) is 9.76. The van der Waals surface area contributed by atoms with Crippen LogP contribution < -0.4 is 4.90 Å². The van der Waals surface area contributed by atoms with Gasteiger partial charge >= 0.3 is 0 Å². The van der Waals surface area contributed by atoms with E-state index >= 15 is 0 Å². The molecule has 1 saturated heterocycles. The molecule has 6 nitrogen and oxygen atoms in total. The van der Waals surface area contributed by atoms with E-state index in [0.717, 1.165) is 18.7 Å². The van der Waals surface area contributed by atoms with Crippen molar-refractivity contribution in [2.75, 3.05) is 25.0 Å². The number of benzene rings is 1. The Bertz CT molecular complexity index is 897. The summed E-state index contributed by atoms with van der Waals surface area (Å²) in [5.74, 6) is 0.650. The number of piperidine rings is 1. The van der Waals surface area contributed by atoms with Crippen molar-refractivity contribution in [1.29, 1.82) is 0 Å². The highest BCUT2D eigenvalue weighted by molar-refractivity contribution is 5.93. The lowest BCUT2D eigenvalue weighted by molar-refractivity contribution is 0.0784. The first-order valence-electron chi connectivity index (χ1n) is 9.76. The monoisotopic (exact) mass is 375 g/mol. The molecule has 4 rings (SSSR count). The number of nitrogens with zero attached hydrogens (tertiary/aromatic N) is 5. The zero-order chi connectivity index (χ0) is 19.3. The molecule has 6 heteroatoms. The third kappa shape index (κ3) is 4.06. The van der Waals surface area contributed by atoms with Gasteiger partial charge in [0.15, 0.2) is 5.82 Å². The van der Waals surface area contributed by atoms with Crippen molar-refractivity contribution < 1.29 is 4.79 Å². The Morgan fingerprint density at radius 1 is 1.07 bits per heavy atom. The number of aromatic nitrogens is 3. The van der Waals surface area contributed by atoms with Crippen LogP contribution in [0.2, 0.25) is 0 Å². The number of carbonyl (C=O) groups is 1. The summed E-state index contributed by atoms with van der Waals surface area (Å²) in [6.07, 6.45) is 9.00. The standard InChI is InChI=1S/C22H25N5O/c1-25(17-18-6-9-20(10-7-18)26-13-3-2-4-14-26)22(28)19-8-11-21(23-16-19)27-15-5-12-24-27/h5-12,15-16H,2-4,13-14,17H2,1H3. The number of hydrogen-bond donors (Lipinski definition) is 0. The molecule has 0 spiro atoms. The molecule has 0 saturated carbocycles. The molecule has 3 heterocycles. The highest BCUT2D eigenvalue weighted by atomic mass is 16.2. The molecule has 28 heavy (non-hydrogen) atoms. The van der Waals surface area contributed by atoms with Crippen LogP contribution in [-0.2, 0) is 6.54 Å². The van der Waals surface area contributed by atoms with E-state index in [1.54, 1.807) is 28.0 Å². The SMILES string of the molecule is CN(Cc1ccc(N2CCCCC2)cc1)C(=O)c1ccc(-n2cccn2)nc1. The van der Waals surface area contributed by atoms with Crippen LogP contribution in [0.5, 0.6) is 0 Å². The fourth-order valence-corrected chi connectivity index (χ4v) is 3.58. The summed E-state index contributed by atoms with van der Waals surface area (Å²) in [7, 11) is 1.82. The summed E-state index contributed by atoms with van der Waals surface area (Å²) >= 11 is 0. The van der Waals surface area contributed by atoms with Crippen LogP contribution in [-0.4, -0.2) is 45.7 Å². The summed E-state index contributed by atoms with van der Waals surface area (Å²) in [5.41, 5.74) is 2.97. The average molecular weight is 375 g/mol. The minimum atomic E-state index is -0.0420. The summed E-state index contributed by atoms with van der Waals surface area (Å²) in [4.78, 5) is 21.2. The number of carbonyl (C=O) groups excluding carboxylic acids is 1. The smallest absolute Gasteiger partial charge is 0.255 e. The maximum atomic E-state index is 12.7. The van der Waals surface area contributed by atoms with Gasteiger partial charge in [-0.3, -0.25) is 4.79 Å². The molecule has 1 aliphatic heterocycles. The summed E-state index contributed by atoms with van der Waals surface area (Å²) in [6, 6.07) is 14.0. The minimum Gasteiger partial charge on any atom is -0.372 e. The highest BCUT2D eigenvalue weighted by Gasteiger charge is 2.14. The first-order chi connectivity index (χ1) is 13.7. The molecule has 1 aliphatic rings. The molecule has 1 fully saturated rings. The third-order valence-corrected chi connectivity index (χ3v) is 5.16. The summed E-state index contributed by atoms with van der Waals surface area (Å²) in [5, 5.41) is 4.15. The van der Waals surface area contributed by atoms with Gasteiger partial charge in [0.2, 0.25) is 0 Å². The molecule has 3 aromatic rings. The Hall–Kier alpha value is -3.15. The average Bonchev–Trinajstić information content (AvgIpc) is 3.29. The molecule has 0 atom stereocenters. The van der Waals surface area contributed by atoms with Gasteiger partial charge in [0, 0.05) is 51.0 Å². The van der Waals surface area contributed by atoms with Crippen molar-refractivity contribution >= 4 is 11.6 Å². The van der Waals surface area contributed by atoms with Crippen LogP contribution in [0.15, 0.2) is 61.1 Å². The lowest BCUT2D eigenvalue weighted by atomic mass is 10.1. The zero-order valence-corrected chi connectivity index (χ0v) is 16.2. The van der Waals surface area contributed by atoms with Gasteiger partial charge < -0.3 is 9.80 Å². The van der Waals surface area contributed by atoms with Gasteiger partial charge in [-0.25, -0.2) is 9.67 Å². The van der Waals surface area contributed by atoms with Gasteiger partial charge in [-0.1, -0.05) is 12.1 Å². The quantitative estimate of drug-likeness (QED) is 0.685. The van der Waals surface area contributed by atoms with Gasteiger partial charge in [0.05, 0.1) is 5.56 Å². The number of hydrogen-bond acceptors (Lipinski definition) is 4. The molecule has 1 aromatic carbocycles. The number of anilines is 1. The summed E-state index contributed by atoms with van der Waals surface area (Å²) < 4.78 is 1.67. The van der Waals surface area contributed by atoms with Crippen molar-refractivity contribution in [3.8, 4) is 5.82 Å². The Morgan fingerprint density at radius 2 is 1.86 bits per heavy atom. The third-order valence-electron chi connectivity index (χ3n) is 5.16. The van der Waals surface area contributed by atoms with Crippen LogP contribution in [0, 0.1) is 0 Å². The second kappa shape index (κ2) is 8.25. The van der Waals surface area contributed by atoms with Crippen molar-refractivity contribution in [2.24, 2.45) is 0 Å². The maximum absolute atomic E-state index is 12.7. The predicted molar refractivity (Wildman–Crippen MR) is 110 cm³/mol. The van der Waals surface area contributed by atoms with E-state index in [1.165, 1.54) is 24.9 Å². The number of pyridine rings is 1. The second-order valence-corrected chi connectivity index (χ2v) is 7.23. The molecule has 1 amide bonds. The van der Waals surface area contributed by atoms with Gasteiger partial charge in [0.25, 0.3) is 5.91 Å². The van der Waals surface area contributed by atoms with E-state index < -0.39 is 0 Å². The Kier molecular flexibility index (Phi) is 5.37. The normalized spacial score (nSPS) is 14.1. The summed E-state index contributed by atoms with van der Waals surface area (Å²) in [6.45, 7) is 2.85. The van der Waals surface area contributed by atoms with E-state index in [0.29, 0.717) is 17.9 Å². The topological polar surface area (TPSA) is 54.3 Å². The van der Waals surface area contributed by atoms with Crippen LogP contribution in [0.4, 0.5) is 5.69 Å². The molecule has 0 N–H and O–H groups in total. The minimum absolute atomic E-state index is 0.0420. The molecule has 0 unspecified atom stereocenters. The molecular weight excluding hydrogens is 350 g/mol. The van der Waals surface area contributed by atoms with Crippen LogP contribution in [0.3, 0.4) is 0 Å². The van der Waals surface area contributed by atoms with E-state index in [4.69, 9.17) is 0 Å². The zero-order valence-electron chi connectivity index (χ0n) is 16.2. The fraction of sp³-hybridized carbons (Fsp3) is 0.318. The van der Waals surface area contributed by atoms with Crippen LogP contribution in [0.25, 0.3) is 5.82 Å². The van der Waals surface area contributed by atoms with Crippen molar-refractivity contribution in [1.82, 2.24) is 19.7 Å². The number of amides is 1. The van der Waals surface area contributed by atoms with Gasteiger partial charge in [-0.2, -0.15) is 5.10 Å². The highest BCUT2D eigenvalue weighted by Crippen LogP contribution is 2.21. The van der Waals surface area contributed by atoms with E-state index in [2.05, 4.69) is 39.2 Å². The molecule has 2 aromatic heterocycles. The van der Waals surface area contributed by atoms with Crippen LogP contribution in [0.1, 0.15) is 35.2 Å². The molecule has 0 bridgehead atoms. The van der Waals surface area contributed by atoms with Gasteiger partial charge in [-0.15, -0.1) is 0 Å². The lowest BCUT2D eigenvalue weighted by Gasteiger charge is -2.29. The maximum Gasteiger partial charge on any atom is 0.255 e. The Balaban J connectivity index is 1.38. The van der Waals surface area contributed by atoms with E-state index in [1.807, 2.05) is 25.4 Å². The fourth-order valence-electron chi connectivity index (χ4n) is 3.58. The Morgan fingerprint density at radius 3 is 2.50 bits per heavy atom. The largest absolute Gasteiger partial charge is 0.372 e. The molecule has 0 radical (unpaired) electrons. The predicted octanol–water partition coefficient (Wildman–Crippen LogP) is 3.53. The number of rotatable bonds is 5. The van der Waals surface area contributed by atoms with Crippen molar-refractivity contribution in [2.45, 2.75) is 25.8 Å². The second-order valence-electron chi connectivity index (χ2n) is 7.23. The lowest BCUT2D eigenvalue weighted by Crippen LogP contribution is -2.29. The Labute approximate surface area is 165 Å². The molecule has 144 valence electrons. The van der Waals surface area contributed by atoms with Gasteiger partial charge in [-0.05, 0) is 55.2 Å². The molecular formula is C22H25N5O. The van der Waals surface area contributed by atoms with E-state index in [9.17, 15) is 4.79 Å².